The Bertz CT molecular complexity index is 915. The minimum absolute atomic E-state index is 0. The van der Waals surface area contributed by atoms with Crippen LogP contribution in [0.1, 0.15) is 29.2 Å². The maximum Gasteiger partial charge on any atom is 0.414 e. The van der Waals surface area contributed by atoms with Gasteiger partial charge in [-0.3, -0.25) is 4.90 Å². The first-order chi connectivity index (χ1) is 13.9. The van der Waals surface area contributed by atoms with Crippen molar-refractivity contribution in [3.05, 3.63) is 64.2 Å². The van der Waals surface area contributed by atoms with Crippen LogP contribution in [0.25, 0.3) is 6.08 Å². The number of hydrogen-bond acceptors (Lipinski definition) is 4. The van der Waals surface area contributed by atoms with Gasteiger partial charge in [0.1, 0.15) is 11.5 Å². The summed E-state index contributed by atoms with van der Waals surface area (Å²) in [5.41, 5.74) is 3.07. The standard InChI is InChI=1S/C23H27ClN2O3.ClH/c1-16-15-17(10-11-20(16)24)28-14-12-21-18-7-5-9-22(29-23(27)25(2)3)19(18)8-6-13-26(21)4;/h5-11,15,21H,12-14H2,1-4H3;1H. The molecule has 7 heteroatoms. The fraction of sp³-hybridized carbons (Fsp3) is 0.348. The quantitative estimate of drug-likeness (QED) is 0.594. The van der Waals surface area contributed by atoms with Gasteiger partial charge in [0.25, 0.3) is 0 Å². The van der Waals surface area contributed by atoms with Crippen LogP contribution >= 0.6 is 24.0 Å². The van der Waals surface area contributed by atoms with Gasteiger partial charge in [-0.25, -0.2) is 4.79 Å². The summed E-state index contributed by atoms with van der Waals surface area (Å²) in [6.07, 6.45) is 4.54. The average Bonchev–Trinajstić information content (AvgIpc) is 2.84. The van der Waals surface area contributed by atoms with Gasteiger partial charge < -0.3 is 14.4 Å². The third-order valence-corrected chi connectivity index (χ3v) is 5.44. The van der Waals surface area contributed by atoms with E-state index in [1.165, 1.54) is 4.90 Å². The minimum Gasteiger partial charge on any atom is -0.494 e. The van der Waals surface area contributed by atoms with Gasteiger partial charge in [-0.2, -0.15) is 0 Å². The summed E-state index contributed by atoms with van der Waals surface area (Å²) >= 11 is 6.09. The van der Waals surface area contributed by atoms with Crippen molar-refractivity contribution in [2.24, 2.45) is 0 Å². The van der Waals surface area contributed by atoms with Crippen molar-refractivity contribution in [1.82, 2.24) is 9.80 Å². The summed E-state index contributed by atoms with van der Waals surface area (Å²) < 4.78 is 11.6. The number of benzene rings is 2. The summed E-state index contributed by atoms with van der Waals surface area (Å²) in [7, 11) is 5.44. The highest BCUT2D eigenvalue weighted by Crippen LogP contribution is 2.35. The lowest BCUT2D eigenvalue weighted by Crippen LogP contribution is -2.27. The number of fused-ring (bicyclic) bond motifs is 1. The summed E-state index contributed by atoms with van der Waals surface area (Å²) in [4.78, 5) is 15.7. The maximum absolute atomic E-state index is 12.0. The zero-order valence-corrected chi connectivity index (χ0v) is 19.3. The fourth-order valence-electron chi connectivity index (χ4n) is 3.38. The average molecular weight is 451 g/mol. The van der Waals surface area contributed by atoms with E-state index in [0.717, 1.165) is 40.4 Å². The van der Waals surface area contributed by atoms with Crippen molar-refractivity contribution >= 4 is 36.2 Å². The number of nitrogens with zero attached hydrogens (tertiary/aromatic N) is 2. The molecule has 1 amide bonds. The molecule has 2 aromatic rings. The van der Waals surface area contributed by atoms with Gasteiger partial charge in [0.2, 0.25) is 0 Å². The zero-order valence-electron chi connectivity index (χ0n) is 17.7. The van der Waals surface area contributed by atoms with Crippen molar-refractivity contribution in [3.8, 4) is 11.5 Å². The number of halogens is 2. The smallest absolute Gasteiger partial charge is 0.414 e. The highest BCUT2D eigenvalue weighted by atomic mass is 35.5. The number of aryl methyl sites for hydroxylation is 1. The van der Waals surface area contributed by atoms with Crippen LogP contribution in [0.4, 0.5) is 4.79 Å². The number of ether oxygens (including phenoxy) is 2. The summed E-state index contributed by atoms with van der Waals surface area (Å²) in [6.45, 7) is 3.34. The molecule has 0 N–H and O–H groups in total. The molecule has 0 saturated carbocycles. The molecule has 1 heterocycles. The Morgan fingerprint density at radius 1 is 1.27 bits per heavy atom. The molecule has 1 aliphatic rings. The third-order valence-electron chi connectivity index (χ3n) is 5.02. The Hall–Kier alpha value is -2.21. The fourth-order valence-corrected chi connectivity index (χ4v) is 3.49. The summed E-state index contributed by atoms with van der Waals surface area (Å²) in [6, 6.07) is 11.7. The highest BCUT2D eigenvalue weighted by Gasteiger charge is 2.24. The molecule has 1 aliphatic heterocycles. The van der Waals surface area contributed by atoms with E-state index in [2.05, 4.69) is 24.1 Å². The van der Waals surface area contributed by atoms with Gasteiger partial charge in [-0.15, -0.1) is 12.4 Å². The van der Waals surface area contributed by atoms with Crippen molar-refractivity contribution in [1.29, 1.82) is 0 Å². The van der Waals surface area contributed by atoms with Gasteiger partial charge in [0.05, 0.1) is 6.61 Å². The summed E-state index contributed by atoms with van der Waals surface area (Å²) in [5.74, 6) is 1.39. The van der Waals surface area contributed by atoms with Crippen LogP contribution in [-0.4, -0.2) is 50.2 Å². The van der Waals surface area contributed by atoms with Crippen molar-refractivity contribution < 1.29 is 14.3 Å². The molecule has 0 aliphatic carbocycles. The van der Waals surface area contributed by atoms with E-state index in [1.807, 2.05) is 43.3 Å². The molecule has 0 spiro atoms. The first-order valence-electron chi connectivity index (χ1n) is 9.64. The number of hydrogen-bond donors (Lipinski definition) is 0. The lowest BCUT2D eigenvalue weighted by Gasteiger charge is -2.28. The van der Waals surface area contributed by atoms with Crippen molar-refractivity contribution in [2.75, 3.05) is 34.3 Å². The molecular weight excluding hydrogens is 423 g/mol. The molecule has 0 saturated heterocycles. The second kappa shape index (κ2) is 10.7. The van der Waals surface area contributed by atoms with Crippen LogP contribution in [-0.2, 0) is 0 Å². The second-order valence-electron chi connectivity index (χ2n) is 7.43. The van der Waals surface area contributed by atoms with E-state index in [9.17, 15) is 4.79 Å². The lowest BCUT2D eigenvalue weighted by atomic mass is 9.97. The SMILES string of the molecule is Cc1cc(OCCC2c3cccc(OC(=O)N(C)C)c3C=CCN2C)ccc1Cl.Cl. The van der Waals surface area contributed by atoms with E-state index in [-0.39, 0.29) is 24.5 Å². The van der Waals surface area contributed by atoms with Crippen molar-refractivity contribution in [3.63, 3.8) is 0 Å². The monoisotopic (exact) mass is 450 g/mol. The predicted molar refractivity (Wildman–Crippen MR) is 124 cm³/mol. The largest absolute Gasteiger partial charge is 0.494 e. The molecule has 1 unspecified atom stereocenters. The molecule has 2 aromatic carbocycles. The van der Waals surface area contributed by atoms with Crippen LogP contribution in [0.15, 0.2) is 42.5 Å². The molecule has 5 nitrogen and oxygen atoms in total. The molecule has 162 valence electrons. The number of amides is 1. The molecule has 0 fully saturated rings. The Morgan fingerprint density at radius 2 is 2.03 bits per heavy atom. The van der Waals surface area contributed by atoms with Crippen LogP contribution in [0, 0.1) is 6.92 Å². The summed E-state index contributed by atoms with van der Waals surface area (Å²) in [5, 5.41) is 0.737. The van der Waals surface area contributed by atoms with Crippen LogP contribution < -0.4 is 9.47 Å². The molecule has 1 atom stereocenters. The first kappa shape index (κ1) is 24.1. The Balaban J connectivity index is 0.00000320. The normalized spacial score (nSPS) is 15.6. The van der Waals surface area contributed by atoms with Gasteiger partial charge in [0.15, 0.2) is 0 Å². The Labute approximate surface area is 189 Å². The molecule has 0 aromatic heterocycles. The van der Waals surface area contributed by atoms with E-state index in [4.69, 9.17) is 21.1 Å². The topological polar surface area (TPSA) is 42.0 Å². The van der Waals surface area contributed by atoms with Gasteiger partial charge in [-0.05, 0) is 49.4 Å². The van der Waals surface area contributed by atoms with Crippen LogP contribution in [0.2, 0.25) is 5.02 Å². The molecule has 30 heavy (non-hydrogen) atoms. The van der Waals surface area contributed by atoms with Gasteiger partial charge >= 0.3 is 6.09 Å². The van der Waals surface area contributed by atoms with E-state index >= 15 is 0 Å². The number of likely N-dealkylation sites (N-methyl/N-ethyl adjacent to an activating group) is 1. The molecule has 0 bridgehead atoms. The van der Waals surface area contributed by atoms with E-state index in [1.54, 1.807) is 14.1 Å². The number of carbonyl (C=O) groups excluding carboxylic acids is 1. The minimum atomic E-state index is -0.387. The van der Waals surface area contributed by atoms with Crippen LogP contribution in [0.5, 0.6) is 11.5 Å². The number of rotatable bonds is 5. The second-order valence-corrected chi connectivity index (χ2v) is 7.83. The van der Waals surface area contributed by atoms with Crippen LogP contribution in [0.3, 0.4) is 0 Å². The van der Waals surface area contributed by atoms with E-state index in [0.29, 0.717) is 12.4 Å². The van der Waals surface area contributed by atoms with Gasteiger partial charge in [0, 0.05) is 43.7 Å². The molecule has 0 radical (unpaired) electrons. The zero-order chi connectivity index (χ0) is 21.0. The molecule has 3 rings (SSSR count). The maximum atomic E-state index is 12.0. The Kier molecular flexibility index (Phi) is 8.59. The molecular formula is C23H28Cl2N2O3. The van der Waals surface area contributed by atoms with E-state index < -0.39 is 0 Å². The first-order valence-corrected chi connectivity index (χ1v) is 10.0. The van der Waals surface area contributed by atoms with Crippen molar-refractivity contribution in [2.45, 2.75) is 19.4 Å². The third kappa shape index (κ3) is 5.69. The highest BCUT2D eigenvalue weighted by molar-refractivity contribution is 6.31. The predicted octanol–water partition coefficient (Wildman–Crippen LogP) is 5.60. The lowest BCUT2D eigenvalue weighted by molar-refractivity contribution is 0.171. The van der Waals surface area contributed by atoms with Gasteiger partial charge in [-0.1, -0.05) is 35.9 Å². The Morgan fingerprint density at radius 3 is 2.73 bits per heavy atom. The number of carbonyl (C=O) groups is 1.